The molecule has 2 aliphatic rings. The van der Waals surface area contributed by atoms with Gasteiger partial charge in [-0.3, -0.25) is 9.36 Å². The molecule has 1 aromatic heterocycles. The number of rotatable bonds is 5. The predicted octanol–water partition coefficient (Wildman–Crippen LogP) is 2.42. The summed E-state index contributed by atoms with van der Waals surface area (Å²) >= 11 is 0. The highest BCUT2D eigenvalue weighted by atomic mass is 16.5. The lowest BCUT2D eigenvalue weighted by Crippen LogP contribution is -2.38. The first-order valence-corrected chi connectivity index (χ1v) is 10.8. The van der Waals surface area contributed by atoms with Gasteiger partial charge in [0.2, 0.25) is 0 Å². The zero-order chi connectivity index (χ0) is 21.5. The molecule has 3 unspecified atom stereocenters. The molecule has 1 aliphatic heterocycles. The second-order valence-electron chi connectivity index (χ2n) is 8.43. The average molecular weight is 421 g/mol. The highest BCUT2D eigenvalue weighted by Gasteiger charge is 2.40. The zero-order valence-corrected chi connectivity index (χ0v) is 17.8. The van der Waals surface area contributed by atoms with Crippen LogP contribution in [0.15, 0.2) is 46.0 Å². The van der Waals surface area contributed by atoms with Crippen molar-refractivity contribution in [2.45, 2.75) is 37.8 Å². The fraction of sp³-hybridized carbons (Fsp3) is 0.417. The van der Waals surface area contributed by atoms with Crippen molar-refractivity contribution in [3.8, 4) is 11.5 Å². The Bertz CT molecular complexity index is 1250. The zero-order valence-electron chi connectivity index (χ0n) is 17.8. The number of ether oxygens (including phenoxy) is 2. The third-order valence-electron chi connectivity index (χ3n) is 6.96. The summed E-state index contributed by atoms with van der Waals surface area (Å²) in [6.45, 7) is 1.33. The van der Waals surface area contributed by atoms with Gasteiger partial charge in [0.1, 0.15) is 11.5 Å². The molecule has 1 saturated heterocycles. The highest BCUT2D eigenvalue weighted by Crippen LogP contribution is 2.45. The van der Waals surface area contributed by atoms with Gasteiger partial charge in [0.25, 0.3) is 5.56 Å². The van der Waals surface area contributed by atoms with Crippen LogP contribution in [0.3, 0.4) is 0 Å². The number of fused-ring (bicyclic) bond motifs is 4. The molecule has 2 N–H and O–H groups in total. The first kappa shape index (κ1) is 19.9. The van der Waals surface area contributed by atoms with Crippen molar-refractivity contribution in [1.82, 2.24) is 14.9 Å². The summed E-state index contributed by atoms with van der Waals surface area (Å²) in [5.41, 5.74) is 2.41. The molecule has 3 atom stereocenters. The van der Waals surface area contributed by atoms with Crippen molar-refractivity contribution >= 4 is 10.9 Å². The van der Waals surface area contributed by atoms with Crippen LogP contribution in [0.4, 0.5) is 0 Å². The maximum absolute atomic E-state index is 13.0. The van der Waals surface area contributed by atoms with Gasteiger partial charge in [-0.1, -0.05) is 18.2 Å². The minimum absolute atomic E-state index is 0.212. The second kappa shape index (κ2) is 7.89. The number of nitrogens with zero attached hydrogens (tertiary/aromatic N) is 1. The largest absolute Gasteiger partial charge is 0.496 e. The van der Waals surface area contributed by atoms with Crippen LogP contribution in [0.1, 0.15) is 29.9 Å². The molecule has 2 aromatic carbocycles. The topological polar surface area (TPSA) is 85.3 Å². The minimum atomic E-state index is -0.401. The smallest absolute Gasteiger partial charge is 0.328 e. The van der Waals surface area contributed by atoms with Crippen molar-refractivity contribution in [2.24, 2.45) is 5.92 Å². The Labute approximate surface area is 180 Å². The molecule has 7 heteroatoms. The van der Waals surface area contributed by atoms with Gasteiger partial charge in [-0.25, -0.2) is 4.79 Å². The summed E-state index contributed by atoms with van der Waals surface area (Å²) in [6, 6.07) is 11.7. The number of methoxy groups -OCH3 is 2. The van der Waals surface area contributed by atoms with Crippen molar-refractivity contribution in [1.29, 1.82) is 0 Å². The van der Waals surface area contributed by atoms with Crippen LogP contribution in [0.25, 0.3) is 10.9 Å². The van der Waals surface area contributed by atoms with E-state index in [2.05, 4.69) is 22.4 Å². The lowest BCUT2D eigenvalue weighted by atomic mass is 9.73. The van der Waals surface area contributed by atoms with E-state index in [9.17, 15) is 9.59 Å². The molecule has 0 radical (unpaired) electrons. The van der Waals surface area contributed by atoms with E-state index in [0.717, 1.165) is 25.1 Å². The first-order chi connectivity index (χ1) is 15.1. The molecule has 0 spiro atoms. The van der Waals surface area contributed by atoms with Crippen molar-refractivity contribution < 1.29 is 9.47 Å². The molecule has 1 fully saturated rings. The van der Waals surface area contributed by atoms with E-state index in [0.29, 0.717) is 41.5 Å². The van der Waals surface area contributed by atoms with E-state index in [4.69, 9.17) is 9.47 Å². The number of aromatic nitrogens is 2. The Balaban J connectivity index is 1.45. The number of H-pyrrole nitrogens is 1. The third-order valence-corrected chi connectivity index (χ3v) is 6.96. The van der Waals surface area contributed by atoms with E-state index in [1.807, 2.05) is 6.07 Å². The minimum Gasteiger partial charge on any atom is -0.496 e. The maximum Gasteiger partial charge on any atom is 0.328 e. The van der Waals surface area contributed by atoms with E-state index in [1.165, 1.54) is 22.8 Å². The van der Waals surface area contributed by atoms with Crippen molar-refractivity contribution in [2.75, 3.05) is 20.8 Å². The molecule has 5 rings (SSSR count). The number of para-hydroxylation sites is 1. The maximum atomic E-state index is 13.0. The van der Waals surface area contributed by atoms with Crippen LogP contribution in [-0.2, 0) is 13.0 Å². The van der Waals surface area contributed by atoms with Crippen molar-refractivity contribution in [3.05, 3.63) is 68.4 Å². The molecular formula is C24H27N3O4. The van der Waals surface area contributed by atoms with Crippen LogP contribution >= 0.6 is 0 Å². The lowest BCUT2D eigenvalue weighted by molar-refractivity contribution is 0.371. The van der Waals surface area contributed by atoms with Gasteiger partial charge in [0, 0.05) is 18.5 Å². The van der Waals surface area contributed by atoms with Gasteiger partial charge in [0.05, 0.1) is 25.1 Å². The molecule has 1 aliphatic carbocycles. The summed E-state index contributed by atoms with van der Waals surface area (Å²) in [6.07, 6.45) is 2.86. The molecular weight excluding hydrogens is 394 g/mol. The summed E-state index contributed by atoms with van der Waals surface area (Å²) in [4.78, 5) is 28.6. The van der Waals surface area contributed by atoms with E-state index >= 15 is 0 Å². The van der Waals surface area contributed by atoms with Gasteiger partial charge >= 0.3 is 5.69 Å². The Kier molecular flexibility index (Phi) is 5.06. The normalized spacial score (nSPS) is 22.2. The van der Waals surface area contributed by atoms with Crippen LogP contribution < -0.4 is 26.0 Å². The molecule has 0 saturated carbocycles. The van der Waals surface area contributed by atoms with Gasteiger partial charge in [-0.15, -0.1) is 0 Å². The summed E-state index contributed by atoms with van der Waals surface area (Å²) < 4.78 is 12.2. The number of hydrogen-bond donors (Lipinski definition) is 2. The molecule has 0 bridgehead atoms. The molecule has 0 amide bonds. The number of benzene rings is 2. The SMILES string of the molecule is COc1cccc2c1CCC1CNC(CCn3c(=O)[nH]c4c(OC)cccc4c3=O)C21. The van der Waals surface area contributed by atoms with Gasteiger partial charge in [-0.05, 0) is 61.1 Å². The molecule has 31 heavy (non-hydrogen) atoms. The third kappa shape index (κ3) is 3.24. The van der Waals surface area contributed by atoms with Crippen LogP contribution in [0.5, 0.6) is 11.5 Å². The fourth-order valence-corrected chi connectivity index (χ4v) is 5.49. The lowest BCUT2D eigenvalue weighted by Gasteiger charge is -2.32. The number of hydrogen-bond acceptors (Lipinski definition) is 5. The van der Waals surface area contributed by atoms with Crippen LogP contribution in [-0.4, -0.2) is 36.4 Å². The average Bonchev–Trinajstić information content (AvgIpc) is 3.21. The molecule has 7 nitrogen and oxygen atoms in total. The first-order valence-electron chi connectivity index (χ1n) is 10.8. The molecule has 2 heterocycles. The highest BCUT2D eigenvalue weighted by molar-refractivity contribution is 5.83. The van der Waals surface area contributed by atoms with E-state index in [1.54, 1.807) is 25.3 Å². The molecule has 3 aromatic rings. The monoisotopic (exact) mass is 421 g/mol. The van der Waals surface area contributed by atoms with E-state index in [-0.39, 0.29) is 11.6 Å². The van der Waals surface area contributed by atoms with E-state index < -0.39 is 5.69 Å². The second-order valence-corrected chi connectivity index (χ2v) is 8.43. The molecule has 162 valence electrons. The standard InChI is InChI=1S/C24H27N3O4/c1-30-19-7-3-5-16-15(19)10-9-14-13-25-18(21(14)16)11-12-27-23(28)17-6-4-8-20(31-2)22(17)26-24(27)29/h3-8,14,18,21,25H,9-13H2,1-2H3,(H,26,29). The van der Waals surface area contributed by atoms with Gasteiger partial charge in [-0.2, -0.15) is 0 Å². The quantitative estimate of drug-likeness (QED) is 0.661. The fourth-order valence-electron chi connectivity index (χ4n) is 5.49. The van der Waals surface area contributed by atoms with Gasteiger partial charge in [0.15, 0.2) is 0 Å². The van der Waals surface area contributed by atoms with Crippen LogP contribution in [0, 0.1) is 5.92 Å². The Morgan fingerprint density at radius 3 is 2.65 bits per heavy atom. The number of nitrogens with one attached hydrogen (secondary N) is 2. The van der Waals surface area contributed by atoms with Gasteiger partial charge < -0.3 is 19.8 Å². The Morgan fingerprint density at radius 2 is 1.84 bits per heavy atom. The summed E-state index contributed by atoms with van der Waals surface area (Å²) in [7, 11) is 3.25. The Hall–Kier alpha value is -3.06. The summed E-state index contributed by atoms with van der Waals surface area (Å²) in [5, 5.41) is 4.12. The predicted molar refractivity (Wildman–Crippen MR) is 119 cm³/mol. The summed E-state index contributed by atoms with van der Waals surface area (Å²) in [5.74, 6) is 2.39. The number of aromatic amines is 1. The Morgan fingerprint density at radius 1 is 1.06 bits per heavy atom. The van der Waals surface area contributed by atoms with Crippen molar-refractivity contribution in [3.63, 3.8) is 0 Å². The van der Waals surface area contributed by atoms with Crippen LogP contribution in [0.2, 0.25) is 0 Å².